The highest BCUT2D eigenvalue weighted by Crippen LogP contribution is 2.28. The summed E-state index contributed by atoms with van der Waals surface area (Å²) in [5.41, 5.74) is 6.03. The van der Waals surface area contributed by atoms with E-state index in [-0.39, 0.29) is 11.8 Å². The molecule has 6 nitrogen and oxygen atoms in total. The molecule has 22 heavy (non-hydrogen) atoms. The van der Waals surface area contributed by atoms with Crippen LogP contribution in [0.25, 0.3) is 11.5 Å². The topological polar surface area (TPSA) is 85.3 Å². The third-order valence-electron chi connectivity index (χ3n) is 3.63. The SMILES string of the molecule is NC(=O)C1CCCN(c2noc(-c3cc(Cl)cc(Cl)c3)n2)C1. The van der Waals surface area contributed by atoms with Crippen molar-refractivity contribution in [3.05, 3.63) is 28.2 Å². The number of carbonyl (C=O) groups excluding carboxylic acids is 1. The number of nitrogens with two attached hydrogens (primary N) is 1. The van der Waals surface area contributed by atoms with E-state index in [9.17, 15) is 4.79 Å². The Balaban J connectivity index is 1.82. The first kappa shape index (κ1) is 15.1. The van der Waals surface area contributed by atoms with Gasteiger partial charge in [0.25, 0.3) is 11.8 Å². The quantitative estimate of drug-likeness (QED) is 0.928. The van der Waals surface area contributed by atoms with Crippen LogP contribution < -0.4 is 10.6 Å². The number of benzene rings is 1. The lowest BCUT2D eigenvalue weighted by Gasteiger charge is -2.29. The molecule has 1 fully saturated rings. The normalized spacial score (nSPS) is 18.5. The third-order valence-corrected chi connectivity index (χ3v) is 4.07. The first-order valence-corrected chi connectivity index (χ1v) is 7.63. The van der Waals surface area contributed by atoms with Gasteiger partial charge in [-0.05, 0) is 36.2 Å². The van der Waals surface area contributed by atoms with Gasteiger partial charge in [-0.2, -0.15) is 4.98 Å². The van der Waals surface area contributed by atoms with Crippen LogP contribution in [0.2, 0.25) is 10.0 Å². The molecule has 2 aromatic rings. The highest BCUT2D eigenvalue weighted by Gasteiger charge is 2.26. The fourth-order valence-corrected chi connectivity index (χ4v) is 3.06. The van der Waals surface area contributed by atoms with Gasteiger partial charge in [-0.3, -0.25) is 4.79 Å². The Morgan fingerprint density at radius 2 is 2.05 bits per heavy atom. The van der Waals surface area contributed by atoms with Crippen LogP contribution in [0.1, 0.15) is 12.8 Å². The largest absolute Gasteiger partial charge is 0.369 e. The molecule has 1 aromatic heterocycles. The predicted molar refractivity (Wildman–Crippen MR) is 83.9 cm³/mol. The summed E-state index contributed by atoms with van der Waals surface area (Å²) in [5.74, 6) is 0.295. The Bertz CT molecular complexity index is 684. The van der Waals surface area contributed by atoms with Crippen molar-refractivity contribution in [3.8, 4) is 11.5 Å². The van der Waals surface area contributed by atoms with Gasteiger partial charge in [0.1, 0.15) is 0 Å². The number of anilines is 1. The van der Waals surface area contributed by atoms with E-state index >= 15 is 0 Å². The molecule has 3 rings (SSSR count). The molecule has 0 radical (unpaired) electrons. The van der Waals surface area contributed by atoms with Crippen LogP contribution >= 0.6 is 23.2 Å². The summed E-state index contributed by atoms with van der Waals surface area (Å²) in [6, 6.07) is 5.03. The first-order chi connectivity index (χ1) is 10.5. The van der Waals surface area contributed by atoms with Crippen molar-refractivity contribution in [1.82, 2.24) is 10.1 Å². The van der Waals surface area contributed by atoms with E-state index in [1.54, 1.807) is 18.2 Å². The van der Waals surface area contributed by atoms with Crippen LogP contribution in [0.5, 0.6) is 0 Å². The molecule has 0 aliphatic carbocycles. The van der Waals surface area contributed by atoms with Crippen molar-refractivity contribution in [3.63, 3.8) is 0 Å². The number of nitrogens with zero attached hydrogens (tertiary/aromatic N) is 3. The maximum absolute atomic E-state index is 11.3. The van der Waals surface area contributed by atoms with Crippen LogP contribution in [0.15, 0.2) is 22.7 Å². The van der Waals surface area contributed by atoms with Crippen molar-refractivity contribution in [2.24, 2.45) is 11.7 Å². The van der Waals surface area contributed by atoms with E-state index in [1.165, 1.54) is 0 Å². The molecular weight excluding hydrogens is 327 g/mol. The van der Waals surface area contributed by atoms with Gasteiger partial charge in [-0.25, -0.2) is 0 Å². The van der Waals surface area contributed by atoms with Gasteiger partial charge in [0.2, 0.25) is 5.91 Å². The molecule has 2 heterocycles. The average Bonchev–Trinajstić information content (AvgIpc) is 2.96. The lowest BCUT2D eigenvalue weighted by Crippen LogP contribution is -2.41. The van der Waals surface area contributed by atoms with Crippen LogP contribution in [0, 0.1) is 5.92 Å². The standard InChI is InChI=1S/C14H14Cl2N4O2/c15-10-4-9(5-11(16)6-10)13-18-14(19-22-13)20-3-1-2-8(7-20)12(17)21/h4-6,8H,1-3,7H2,(H2,17,21). The second kappa shape index (κ2) is 6.14. The van der Waals surface area contributed by atoms with Crippen molar-refractivity contribution >= 4 is 35.1 Å². The van der Waals surface area contributed by atoms with Crippen molar-refractivity contribution < 1.29 is 9.32 Å². The van der Waals surface area contributed by atoms with Gasteiger partial charge in [0.15, 0.2) is 0 Å². The maximum Gasteiger partial charge on any atom is 0.266 e. The molecule has 0 bridgehead atoms. The van der Waals surface area contributed by atoms with Crippen molar-refractivity contribution in [2.45, 2.75) is 12.8 Å². The second-order valence-corrected chi connectivity index (χ2v) is 6.12. The Hall–Kier alpha value is -1.79. The minimum atomic E-state index is -0.296. The maximum atomic E-state index is 11.3. The molecule has 1 aliphatic rings. The number of aromatic nitrogens is 2. The summed E-state index contributed by atoms with van der Waals surface area (Å²) in [6.07, 6.45) is 1.65. The highest BCUT2D eigenvalue weighted by molar-refractivity contribution is 6.35. The molecule has 1 aliphatic heterocycles. The Morgan fingerprint density at radius 1 is 1.32 bits per heavy atom. The predicted octanol–water partition coefficient (Wildman–Crippen LogP) is 2.75. The Morgan fingerprint density at radius 3 is 2.73 bits per heavy atom. The van der Waals surface area contributed by atoms with E-state index in [0.717, 1.165) is 19.4 Å². The number of hydrogen-bond acceptors (Lipinski definition) is 5. The van der Waals surface area contributed by atoms with Gasteiger partial charge in [0.05, 0.1) is 5.92 Å². The second-order valence-electron chi connectivity index (χ2n) is 5.25. The van der Waals surface area contributed by atoms with E-state index in [1.807, 2.05) is 4.90 Å². The smallest absolute Gasteiger partial charge is 0.266 e. The van der Waals surface area contributed by atoms with E-state index in [2.05, 4.69) is 10.1 Å². The number of primary amides is 1. The molecule has 116 valence electrons. The zero-order valence-corrected chi connectivity index (χ0v) is 13.1. The van der Waals surface area contributed by atoms with Crippen LogP contribution in [0.3, 0.4) is 0 Å². The number of halogens is 2. The molecule has 2 N–H and O–H groups in total. The summed E-state index contributed by atoms with van der Waals surface area (Å²) in [7, 11) is 0. The van der Waals surface area contributed by atoms with Crippen LogP contribution in [-0.4, -0.2) is 29.1 Å². The first-order valence-electron chi connectivity index (χ1n) is 6.87. The molecule has 0 spiro atoms. The molecule has 0 saturated carbocycles. The summed E-state index contributed by atoms with van der Waals surface area (Å²) in [6.45, 7) is 1.27. The number of hydrogen-bond donors (Lipinski definition) is 1. The van der Waals surface area contributed by atoms with Crippen molar-refractivity contribution in [1.29, 1.82) is 0 Å². The zero-order valence-electron chi connectivity index (χ0n) is 11.6. The molecule has 1 amide bonds. The molecule has 1 aromatic carbocycles. The number of piperidine rings is 1. The molecular formula is C14H14Cl2N4O2. The molecule has 1 atom stereocenters. The molecule has 1 unspecified atom stereocenters. The van der Waals surface area contributed by atoms with E-state index in [0.29, 0.717) is 34.0 Å². The zero-order chi connectivity index (χ0) is 15.7. The Kier molecular flexibility index (Phi) is 4.22. The lowest BCUT2D eigenvalue weighted by atomic mass is 9.98. The molecule has 1 saturated heterocycles. The Labute approximate surface area is 137 Å². The van der Waals surface area contributed by atoms with Gasteiger partial charge in [-0.1, -0.05) is 23.2 Å². The summed E-state index contributed by atoms with van der Waals surface area (Å²) in [5, 5.41) is 4.96. The van der Waals surface area contributed by atoms with Crippen molar-refractivity contribution in [2.75, 3.05) is 18.0 Å². The van der Waals surface area contributed by atoms with Gasteiger partial charge >= 0.3 is 0 Å². The number of amides is 1. The van der Waals surface area contributed by atoms with Crippen LogP contribution in [0.4, 0.5) is 5.95 Å². The van der Waals surface area contributed by atoms with Gasteiger partial charge < -0.3 is 15.2 Å². The summed E-state index contributed by atoms with van der Waals surface area (Å²) in [4.78, 5) is 17.6. The van der Waals surface area contributed by atoms with Gasteiger partial charge in [-0.15, -0.1) is 0 Å². The monoisotopic (exact) mass is 340 g/mol. The minimum absolute atomic E-state index is 0.184. The minimum Gasteiger partial charge on any atom is -0.369 e. The van der Waals surface area contributed by atoms with E-state index in [4.69, 9.17) is 33.5 Å². The lowest BCUT2D eigenvalue weighted by molar-refractivity contribution is -0.122. The van der Waals surface area contributed by atoms with E-state index < -0.39 is 0 Å². The fourth-order valence-electron chi connectivity index (χ4n) is 2.53. The summed E-state index contributed by atoms with van der Waals surface area (Å²) < 4.78 is 5.27. The van der Waals surface area contributed by atoms with Crippen LogP contribution in [-0.2, 0) is 4.79 Å². The van der Waals surface area contributed by atoms with Gasteiger partial charge in [0, 0.05) is 28.7 Å². The molecule has 8 heteroatoms. The highest BCUT2D eigenvalue weighted by atomic mass is 35.5. The third kappa shape index (κ3) is 3.18. The fraction of sp³-hybridized carbons (Fsp3) is 0.357. The summed E-state index contributed by atoms with van der Waals surface area (Å²) >= 11 is 11.9. The number of carbonyl (C=O) groups is 1. The average molecular weight is 341 g/mol. The number of rotatable bonds is 3.